The molecular formula is C24H24N6O6. The molecule has 2 aromatic carbocycles. The van der Waals surface area contributed by atoms with E-state index in [1.165, 1.54) is 21.3 Å². The van der Waals surface area contributed by atoms with Gasteiger partial charge in [-0.05, 0) is 48.9 Å². The number of fused-ring (bicyclic) bond motifs is 2. The summed E-state index contributed by atoms with van der Waals surface area (Å²) in [6.45, 7) is 2.02. The van der Waals surface area contributed by atoms with Crippen molar-refractivity contribution in [2.45, 2.75) is 13.0 Å². The van der Waals surface area contributed by atoms with Crippen LogP contribution in [0.2, 0.25) is 0 Å². The first kappa shape index (κ1) is 23.0. The Morgan fingerprint density at radius 1 is 1.03 bits per heavy atom. The molecule has 186 valence electrons. The molecule has 3 heterocycles. The lowest BCUT2D eigenvalue weighted by atomic mass is 10.1. The topological polar surface area (TPSA) is 130 Å². The van der Waals surface area contributed by atoms with Gasteiger partial charge in [0.25, 0.3) is 11.7 Å². The van der Waals surface area contributed by atoms with Crippen LogP contribution in [0.3, 0.4) is 0 Å². The van der Waals surface area contributed by atoms with Crippen molar-refractivity contribution in [3.8, 4) is 40.0 Å². The van der Waals surface area contributed by atoms with Gasteiger partial charge in [-0.1, -0.05) is 0 Å². The Hall–Kier alpha value is -4.74. The first-order valence-corrected chi connectivity index (χ1v) is 11.0. The molecular weight excluding hydrogens is 468 g/mol. The van der Waals surface area contributed by atoms with Crippen molar-refractivity contribution in [3.63, 3.8) is 0 Å². The highest BCUT2D eigenvalue weighted by Crippen LogP contribution is 2.39. The molecule has 0 saturated heterocycles. The highest BCUT2D eigenvalue weighted by molar-refractivity contribution is 5.88. The number of carbonyl (C=O) groups excluding carboxylic acids is 1. The van der Waals surface area contributed by atoms with Crippen LogP contribution in [0.4, 0.5) is 10.7 Å². The third-order valence-electron chi connectivity index (χ3n) is 5.67. The van der Waals surface area contributed by atoms with E-state index in [1.54, 1.807) is 28.9 Å². The molecule has 1 unspecified atom stereocenters. The molecule has 0 spiro atoms. The molecule has 5 rings (SSSR count). The van der Waals surface area contributed by atoms with Gasteiger partial charge in [0.2, 0.25) is 12.5 Å². The maximum atomic E-state index is 12.7. The number of rotatable bonds is 7. The van der Waals surface area contributed by atoms with Gasteiger partial charge in [-0.3, -0.25) is 5.32 Å². The van der Waals surface area contributed by atoms with E-state index >= 15 is 0 Å². The summed E-state index contributed by atoms with van der Waals surface area (Å²) in [5.74, 6) is 3.22. The van der Waals surface area contributed by atoms with Crippen LogP contribution in [-0.4, -0.2) is 53.7 Å². The van der Waals surface area contributed by atoms with Crippen molar-refractivity contribution < 1.29 is 28.5 Å². The first-order chi connectivity index (χ1) is 17.5. The molecule has 2 amide bonds. The second-order valence-electron chi connectivity index (χ2n) is 7.82. The van der Waals surface area contributed by atoms with Crippen LogP contribution in [0.15, 0.2) is 42.6 Å². The van der Waals surface area contributed by atoms with Gasteiger partial charge in [0, 0.05) is 11.8 Å². The van der Waals surface area contributed by atoms with Gasteiger partial charge in [-0.2, -0.15) is 9.50 Å². The largest absolute Gasteiger partial charge is 0.493 e. The van der Waals surface area contributed by atoms with Crippen LogP contribution in [0.5, 0.6) is 28.7 Å². The fourth-order valence-corrected chi connectivity index (χ4v) is 3.89. The quantitative estimate of drug-likeness (QED) is 0.398. The first-order valence-electron chi connectivity index (χ1n) is 11.0. The highest BCUT2D eigenvalue weighted by Gasteiger charge is 2.20. The minimum absolute atomic E-state index is 0.102. The highest BCUT2D eigenvalue weighted by atomic mass is 16.7. The summed E-state index contributed by atoms with van der Waals surface area (Å²) >= 11 is 0. The molecule has 36 heavy (non-hydrogen) atoms. The predicted molar refractivity (Wildman–Crippen MR) is 129 cm³/mol. The number of benzene rings is 2. The van der Waals surface area contributed by atoms with Crippen LogP contribution in [0, 0.1) is 0 Å². The van der Waals surface area contributed by atoms with Gasteiger partial charge in [-0.25, -0.2) is 9.78 Å². The van der Waals surface area contributed by atoms with Gasteiger partial charge in [-0.15, -0.1) is 5.10 Å². The van der Waals surface area contributed by atoms with E-state index in [4.69, 9.17) is 23.7 Å². The molecule has 1 aliphatic rings. The second kappa shape index (κ2) is 9.49. The van der Waals surface area contributed by atoms with Gasteiger partial charge in [0.05, 0.1) is 33.1 Å². The lowest BCUT2D eigenvalue weighted by Crippen LogP contribution is -2.31. The normalized spacial score (nSPS) is 12.8. The third kappa shape index (κ3) is 4.24. The zero-order chi connectivity index (χ0) is 25.2. The molecule has 0 fully saturated rings. The summed E-state index contributed by atoms with van der Waals surface area (Å²) in [5, 5.41) is 9.95. The number of hydrogen-bond donors (Lipinski definition) is 2. The standard InChI is InChI=1S/C24H24N6O6/c1-13(15-10-19(32-2)21(34-4)20(11-15)33-3)26-24(31)28-22-27-23-25-8-7-16(30(23)29-22)14-5-6-17-18(9-14)36-12-35-17/h5-11,13H,12H2,1-4H3,(H2,26,28,29,31). The number of nitrogens with one attached hydrogen (secondary N) is 2. The number of amides is 2. The number of nitrogens with zero attached hydrogens (tertiary/aromatic N) is 4. The van der Waals surface area contributed by atoms with Crippen LogP contribution in [0.1, 0.15) is 18.5 Å². The average Bonchev–Trinajstić information content (AvgIpc) is 3.53. The average molecular weight is 492 g/mol. The van der Waals surface area contributed by atoms with E-state index in [-0.39, 0.29) is 12.7 Å². The molecule has 12 heteroatoms. The molecule has 0 bridgehead atoms. The van der Waals surface area contributed by atoms with Crippen molar-refractivity contribution in [3.05, 3.63) is 48.2 Å². The zero-order valence-corrected chi connectivity index (χ0v) is 20.1. The number of ether oxygens (including phenoxy) is 5. The van der Waals surface area contributed by atoms with Crippen LogP contribution >= 0.6 is 0 Å². The maximum absolute atomic E-state index is 12.7. The van der Waals surface area contributed by atoms with E-state index in [0.29, 0.717) is 34.5 Å². The van der Waals surface area contributed by atoms with Crippen molar-refractivity contribution >= 4 is 17.8 Å². The lowest BCUT2D eigenvalue weighted by Gasteiger charge is -2.18. The van der Waals surface area contributed by atoms with Gasteiger partial charge < -0.3 is 29.0 Å². The third-order valence-corrected chi connectivity index (χ3v) is 5.67. The summed E-state index contributed by atoms with van der Waals surface area (Å²) in [5.41, 5.74) is 2.32. The van der Waals surface area contributed by atoms with Crippen molar-refractivity contribution in [1.29, 1.82) is 0 Å². The number of hydrogen-bond acceptors (Lipinski definition) is 9. The monoisotopic (exact) mass is 492 g/mol. The minimum atomic E-state index is -0.489. The molecule has 2 N–H and O–H groups in total. The molecule has 0 aliphatic carbocycles. The van der Waals surface area contributed by atoms with Crippen molar-refractivity contribution in [2.75, 3.05) is 33.4 Å². The Kier molecular flexibility index (Phi) is 6.07. The number of carbonyl (C=O) groups is 1. The van der Waals surface area contributed by atoms with E-state index < -0.39 is 12.1 Å². The Balaban J connectivity index is 1.35. The zero-order valence-electron chi connectivity index (χ0n) is 20.1. The van der Waals surface area contributed by atoms with Gasteiger partial charge >= 0.3 is 6.03 Å². The van der Waals surface area contributed by atoms with E-state index in [0.717, 1.165) is 16.8 Å². The summed E-state index contributed by atoms with van der Waals surface area (Å²) in [6.07, 6.45) is 1.63. The predicted octanol–water partition coefficient (Wildman–Crippen LogP) is 3.43. The molecule has 4 aromatic rings. The van der Waals surface area contributed by atoms with Gasteiger partial charge in [0.15, 0.2) is 23.0 Å². The Morgan fingerprint density at radius 3 is 2.50 bits per heavy atom. The van der Waals surface area contributed by atoms with E-state index in [1.807, 2.05) is 25.1 Å². The second-order valence-corrected chi connectivity index (χ2v) is 7.82. The smallest absolute Gasteiger partial charge is 0.322 e. The van der Waals surface area contributed by atoms with Crippen molar-refractivity contribution in [1.82, 2.24) is 24.9 Å². The summed E-state index contributed by atoms with van der Waals surface area (Å²) in [6, 6.07) is 10.1. The Bertz CT molecular complexity index is 1410. The molecule has 12 nitrogen and oxygen atoms in total. The van der Waals surface area contributed by atoms with Crippen LogP contribution in [0.25, 0.3) is 17.0 Å². The number of anilines is 1. The molecule has 2 aromatic heterocycles. The Labute approximate surface area is 206 Å². The number of urea groups is 1. The summed E-state index contributed by atoms with van der Waals surface area (Å²) < 4.78 is 28.6. The minimum Gasteiger partial charge on any atom is -0.493 e. The summed E-state index contributed by atoms with van der Waals surface area (Å²) in [4.78, 5) is 21.3. The lowest BCUT2D eigenvalue weighted by molar-refractivity contribution is 0.174. The molecule has 0 saturated carbocycles. The molecule has 0 radical (unpaired) electrons. The van der Waals surface area contributed by atoms with E-state index in [9.17, 15) is 4.79 Å². The van der Waals surface area contributed by atoms with Crippen molar-refractivity contribution in [2.24, 2.45) is 0 Å². The number of aromatic nitrogens is 4. The van der Waals surface area contributed by atoms with Crippen LogP contribution < -0.4 is 34.3 Å². The molecule has 1 aliphatic heterocycles. The maximum Gasteiger partial charge on any atom is 0.322 e. The van der Waals surface area contributed by atoms with E-state index in [2.05, 4.69) is 25.7 Å². The number of methoxy groups -OCH3 is 3. The Morgan fingerprint density at radius 2 is 1.78 bits per heavy atom. The fourth-order valence-electron chi connectivity index (χ4n) is 3.89. The summed E-state index contributed by atoms with van der Waals surface area (Å²) in [7, 11) is 4.60. The fraction of sp³-hybridized carbons (Fsp3) is 0.250. The van der Waals surface area contributed by atoms with Gasteiger partial charge in [0.1, 0.15) is 0 Å². The SMILES string of the molecule is COc1cc(C(C)NC(=O)Nc2nc3nccc(-c4ccc5c(c4)OCO5)n3n2)cc(OC)c1OC. The molecule has 1 atom stereocenters. The van der Waals surface area contributed by atoms with Crippen LogP contribution in [-0.2, 0) is 0 Å².